The fraction of sp³-hybridized carbons (Fsp3) is 0.100. The number of hydrogen-bond acceptors (Lipinski definition) is 6. The lowest BCUT2D eigenvalue weighted by molar-refractivity contribution is 0.174. The van der Waals surface area contributed by atoms with Gasteiger partial charge in [-0.2, -0.15) is 5.26 Å². The molecule has 0 amide bonds. The molecule has 0 aliphatic carbocycles. The van der Waals surface area contributed by atoms with Crippen LogP contribution in [0.25, 0.3) is 22.9 Å². The zero-order valence-electron chi connectivity index (χ0n) is 13.9. The Hall–Kier alpha value is -3.30. The first-order chi connectivity index (χ1) is 12.8. The first kappa shape index (κ1) is 16.2. The molecule has 5 nitrogen and oxygen atoms in total. The summed E-state index contributed by atoms with van der Waals surface area (Å²) in [5.74, 6) is 2.20. The van der Waals surface area contributed by atoms with Gasteiger partial charge in [-0.15, -0.1) is 11.3 Å². The van der Waals surface area contributed by atoms with Crippen molar-refractivity contribution in [2.45, 2.75) is 0 Å². The first-order valence-electron chi connectivity index (χ1n) is 7.88. The number of thiazole rings is 1. The Kier molecular flexibility index (Phi) is 4.30. The summed E-state index contributed by atoms with van der Waals surface area (Å²) in [7, 11) is 1.63. The van der Waals surface area contributed by atoms with Crippen LogP contribution in [0.5, 0.6) is 17.2 Å². The number of aromatic nitrogens is 1. The summed E-state index contributed by atoms with van der Waals surface area (Å²) in [6.45, 7) is 0.227. The molecule has 2 aromatic carbocycles. The average molecular weight is 362 g/mol. The predicted molar refractivity (Wildman–Crippen MR) is 100 cm³/mol. The molecule has 26 heavy (non-hydrogen) atoms. The van der Waals surface area contributed by atoms with Gasteiger partial charge in [0.1, 0.15) is 16.8 Å². The molecule has 1 aliphatic rings. The maximum Gasteiger partial charge on any atom is 0.231 e. The van der Waals surface area contributed by atoms with Crippen LogP contribution in [-0.2, 0) is 0 Å². The van der Waals surface area contributed by atoms with Gasteiger partial charge in [-0.3, -0.25) is 0 Å². The van der Waals surface area contributed by atoms with Gasteiger partial charge < -0.3 is 14.2 Å². The number of allylic oxidation sites excluding steroid dienone is 1. The number of benzene rings is 2. The van der Waals surface area contributed by atoms with E-state index in [0.717, 1.165) is 28.3 Å². The van der Waals surface area contributed by atoms with E-state index in [4.69, 9.17) is 14.2 Å². The molecule has 0 saturated carbocycles. The van der Waals surface area contributed by atoms with Crippen molar-refractivity contribution < 1.29 is 14.2 Å². The lowest BCUT2D eigenvalue weighted by Crippen LogP contribution is -1.92. The third kappa shape index (κ3) is 3.13. The standard InChI is InChI=1S/C20H14N2O3S/c1-23-16-5-3-14(4-6-16)17-11-26-20(22-17)15(10-21)8-13-2-7-18-19(9-13)25-12-24-18/h2-9,11H,12H2,1H3/b15-8-. The molecule has 3 aromatic rings. The number of rotatable bonds is 4. The Bertz CT molecular complexity index is 1020. The smallest absolute Gasteiger partial charge is 0.231 e. The second-order valence-corrected chi connectivity index (χ2v) is 6.41. The summed E-state index contributed by atoms with van der Waals surface area (Å²) in [5, 5.41) is 12.2. The zero-order valence-corrected chi connectivity index (χ0v) is 14.7. The summed E-state index contributed by atoms with van der Waals surface area (Å²) in [6, 6.07) is 15.5. The molecule has 6 heteroatoms. The van der Waals surface area contributed by atoms with Gasteiger partial charge in [-0.25, -0.2) is 4.98 Å². The molecule has 2 heterocycles. The molecule has 128 valence electrons. The summed E-state index contributed by atoms with van der Waals surface area (Å²) >= 11 is 1.44. The van der Waals surface area contributed by atoms with E-state index in [1.807, 2.05) is 47.8 Å². The van der Waals surface area contributed by atoms with E-state index in [0.29, 0.717) is 16.3 Å². The topological polar surface area (TPSA) is 64.4 Å². The van der Waals surface area contributed by atoms with Gasteiger partial charge in [0.05, 0.1) is 18.4 Å². The van der Waals surface area contributed by atoms with Crippen LogP contribution < -0.4 is 14.2 Å². The van der Waals surface area contributed by atoms with Crippen LogP contribution >= 0.6 is 11.3 Å². The predicted octanol–water partition coefficient (Wildman–Crippen LogP) is 4.61. The Balaban J connectivity index is 1.63. The highest BCUT2D eigenvalue weighted by Gasteiger charge is 2.14. The first-order valence-corrected chi connectivity index (χ1v) is 8.76. The third-order valence-corrected chi connectivity index (χ3v) is 4.82. The number of methoxy groups -OCH3 is 1. The number of nitrogens with zero attached hydrogens (tertiary/aromatic N) is 2. The zero-order chi connectivity index (χ0) is 17.9. The number of ether oxygens (including phenoxy) is 3. The van der Waals surface area contributed by atoms with E-state index < -0.39 is 0 Å². The van der Waals surface area contributed by atoms with Crippen molar-refractivity contribution in [1.82, 2.24) is 4.98 Å². The summed E-state index contributed by atoms with van der Waals surface area (Å²) in [5.41, 5.74) is 3.19. The average Bonchev–Trinajstić information content (AvgIpc) is 3.35. The van der Waals surface area contributed by atoms with E-state index in [-0.39, 0.29) is 6.79 Å². The van der Waals surface area contributed by atoms with Crippen molar-refractivity contribution in [2.24, 2.45) is 0 Å². The van der Waals surface area contributed by atoms with E-state index in [1.165, 1.54) is 11.3 Å². The number of nitriles is 1. The second-order valence-electron chi connectivity index (χ2n) is 5.55. The van der Waals surface area contributed by atoms with Gasteiger partial charge in [0.25, 0.3) is 0 Å². The Morgan fingerprint density at radius 2 is 2.00 bits per heavy atom. The van der Waals surface area contributed by atoms with Crippen molar-refractivity contribution >= 4 is 23.0 Å². The van der Waals surface area contributed by atoms with Gasteiger partial charge in [0, 0.05) is 10.9 Å². The lowest BCUT2D eigenvalue weighted by Gasteiger charge is -2.00. The van der Waals surface area contributed by atoms with Crippen LogP contribution in [0.15, 0.2) is 47.8 Å². The molecule has 0 unspecified atom stereocenters. The summed E-state index contributed by atoms with van der Waals surface area (Å²) in [4.78, 5) is 4.61. The fourth-order valence-electron chi connectivity index (χ4n) is 2.60. The van der Waals surface area contributed by atoms with Gasteiger partial charge in [0.2, 0.25) is 6.79 Å². The Morgan fingerprint density at radius 3 is 2.77 bits per heavy atom. The number of fused-ring (bicyclic) bond motifs is 1. The van der Waals surface area contributed by atoms with E-state index in [1.54, 1.807) is 13.2 Å². The molecule has 0 spiro atoms. The fourth-order valence-corrected chi connectivity index (χ4v) is 3.40. The maximum absolute atomic E-state index is 9.56. The van der Waals surface area contributed by atoms with Gasteiger partial charge in [-0.1, -0.05) is 6.07 Å². The van der Waals surface area contributed by atoms with Gasteiger partial charge in [0.15, 0.2) is 11.5 Å². The SMILES string of the molecule is COc1ccc(-c2csc(/C(C#N)=C\c3ccc4c(c3)OCO4)n2)cc1. The van der Waals surface area contributed by atoms with Crippen LogP contribution in [0.3, 0.4) is 0 Å². The molecule has 0 fully saturated rings. The lowest BCUT2D eigenvalue weighted by atomic mass is 10.1. The minimum absolute atomic E-state index is 0.227. The van der Waals surface area contributed by atoms with Crippen LogP contribution in [0.1, 0.15) is 10.6 Å². The van der Waals surface area contributed by atoms with Crippen molar-refractivity contribution in [3.05, 3.63) is 58.4 Å². The molecular weight excluding hydrogens is 348 g/mol. The van der Waals surface area contributed by atoms with E-state index in [9.17, 15) is 5.26 Å². The molecule has 0 atom stereocenters. The molecule has 0 saturated heterocycles. The Labute approximate surface area is 154 Å². The third-order valence-electron chi connectivity index (χ3n) is 3.95. The largest absolute Gasteiger partial charge is 0.497 e. The maximum atomic E-state index is 9.56. The summed E-state index contributed by atoms with van der Waals surface area (Å²) < 4.78 is 15.9. The summed E-state index contributed by atoms with van der Waals surface area (Å²) in [6.07, 6.45) is 1.80. The highest BCUT2D eigenvalue weighted by Crippen LogP contribution is 2.34. The molecular formula is C20H14N2O3S. The monoisotopic (exact) mass is 362 g/mol. The number of hydrogen-bond donors (Lipinski definition) is 0. The van der Waals surface area contributed by atoms with Crippen LogP contribution in [0, 0.1) is 11.3 Å². The van der Waals surface area contributed by atoms with Crippen molar-refractivity contribution in [3.63, 3.8) is 0 Å². The molecule has 4 rings (SSSR count). The quantitative estimate of drug-likeness (QED) is 0.634. The van der Waals surface area contributed by atoms with Crippen LogP contribution in [0.2, 0.25) is 0 Å². The molecule has 0 radical (unpaired) electrons. The van der Waals surface area contributed by atoms with Crippen LogP contribution in [0.4, 0.5) is 0 Å². The molecule has 0 bridgehead atoms. The molecule has 0 N–H and O–H groups in total. The second kappa shape index (κ2) is 6.90. The minimum atomic E-state index is 0.227. The Morgan fingerprint density at radius 1 is 1.19 bits per heavy atom. The molecule has 1 aliphatic heterocycles. The minimum Gasteiger partial charge on any atom is -0.497 e. The highest BCUT2D eigenvalue weighted by molar-refractivity contribution is 7.11. The van der Waals surface area contributed by atoms with Gasteiger partial charge in [-0.05, 0) is 48.0 Å². The van der Waals surface area contributed by atoms with E-state index >= 15 is 0 Å². The molecule has 1 aromatic heterocycles. The van der Waals surface area contributed by atoms with E-state index in [2.05, 4.69) is 11.1 Å². The van der Waals surface area contributed by atoms with Crippen LogP contribution in [-0.4, -0.2) is 18.9 Å². The van der Waals surface area contributed by atoms with Crippen molar-refractivity contribution in [1.29, 1.82) is 5.26 Å². The van der Waals surface area contributed by atoms with Crippen molar-refractivity contribution in [2.75, 3.05) is 13.9 Å². The normalized spacial score (nSPS) is 12.7. The highest BCUT2D eigenvalue weighted by atomic mass is 32.1. The van der Waals surface area contributed by atoms with Gasteiger partial charge >= 0.3 is 0 Å². The van der Waals surface area contributed by atoms with Crippen molar-refractivity contribution in [3.8, 4) is 34.6 Å².